The van der Waals surface area contributed by atoms with Crippen LogP contribution in [-0.2, 0) is 10.8 Å². The summed E-state index contributed by atoms with van der Waals surface area (Å²) >= 11 is 0. The van der Waals surface area contributed by atoms with Gasteiger partial charge in [0.05, 0.1) is 11.2 Å². The molecule has 0 aliphatic heterocycles. The van der Waals surface area contributed by atoms with E-state index in [1.165, 1.54) is 125 Å². The molecule has 11 nitrogen and oxygen atoms in total. The van der Waals surface area contributed by atoms with Gasteiger partial charge in [0.25, 0.3) is 0 Å². The molecule has 0 saturated carbocycles. The van der Waals surface area contributed by atoms with Gasteiger partial charge in [-0.2, -0.15) is 0 Å². The molecule has 2 aliphatic rings. The zero-order valence-corrected chi connectivity index (χ0v) is 79.4. The molecule has 0 unspecified atom stereocenters. The van der Waals surface area contributed by atoms with E-state index in [0.29, 0.717) is 34.9 Å². The highest BCUT2D eigenvalue weighted by atomic mass is 16.3. The third-order valence-corrected chi connectivity index (χ3v) is 30.4. The van der Waals surface area contributed by atoms with Crippen LogP contribution in [0.5, 0.6) is 0 Å². The smallest absolute Gasteiger partial charge is 0.164 e. The van der Waals surface area contributed by atoms with Crippen LogP contribution in [0.1, 0.15) is 49.9 Å². The molecule has 0 radical (unpaired) electrons. The lowest BCUT2D eigenvalue weighted by atomic mass is 9.81. The molecular weight excluding hydrogens is 1770 g/mol. The molecule has 0 bridgehead atoms. The molecule has 0 saturated heterocycles. The van der Waals surface area contributed by atoms with E-state index in [9.17, 15) is 0 Å². The maximum absolute atomic E-state index is 6.24. The minimum atomic E-state index is -0.0695. The summed E-state index contributed by atoms with van der Waals surface area (Å²) in [4.78, 5) is 40.7. The zero-order chi connectivity index (χ0) is 96.0. The normalized spacial score (nSPS) is 12.9. The quantitative estimate of drug-likeness (QED) is 0.134. The van der Waals surface area contributed by atoms with Gasteiger partial charge in [-0.25, -0.2) is 39.9 Å². The van der Waals surface area contributed by atoms with Crippen molar-refractivity contribution in [2.24, 2.45) is 0 Å². The first-order chi connectivity index (χ1) is 71.3. The van der Waals surface area contributed by atoms with Crippen LogP contribution in [0, 0.1) is 0 Å². The Morgan fingerprint density at radius 1 is 0.166 bits per heavy atom. The van der Waals surface area contributed by atoms with Crippen molar-refractivity contribution in [1.29, 1.82) is 0 Å². The summed E-state index contributed by atoms with van der Waals surface area (Å²) in [5, 5.41) is 29.5. The summed E-state index contributed by atoms with van der Waals surface area (Å²) in [6, 6.07) is 154. The summed E-state index contributed by atoms with van der Waals surface area (Å²) in [6.07, 6.45) is 0. The summed E-state index contributed by atoms with van der Waals surface area (Å²) in [5.74, 6) is 4.46. The Kier molecular flexibility index (Phi) is 18.6. The third-order valence-electron chi connectivity index (χ3n) is 30.4. The average molecular weight is 1850 g/mol. The minimum Gasteiger partial charge on any atom is -0.456 e. The van der Waals surface area contributed by atoms with Gasteiger partial charge in [-0.1, -0.05) is 386 Å². The van der Waals surface area contributed by atoms with Crippen LogP contribution in [0.2, 0.25) is 0 Å². The molecule has 6 heterocycles. The van der Waals surface area contributed by atoms with Crippen molar-refractivity contribution in [3.05, 3.63) is 459 Å². The highest BCUT2D eigenvalue weighted by Crippen LogP contribution is 2.56. The van der Waals surface area contributed by atoms with Crippen LogP contribution in [0.3, 0.4) is 0 Å². The minimum absolute atomic E-state index is 0.0378. The second-order valence-electron chi connectivity index (χ2n) is 39.4. The summed E-state index contributed by atoms with van der Waals surface area (Å²) in [7, 11) is 0. The monoisotopic (exact) mass is 1850 g/mol. The number of furan rings is 3. The molecule has 0 fully saturated rings. The van der Waals surface area contributed by atoms with E-state index in [2.05, 4.69) is 319 Å². The van der Waals surface area contributed by atoms with Gasteiger partial charge in [-0.3, -0.25) is 0 Å². The molecule has 145 heavy (non-hydrogen) atoms. The van der Waals surface area contributed by atoms with E-state index in [4.69, 9.17) is 53.1 Å². The zero-order valence-electron chi connectivity index (χ0n) is 79.4. The van der Waals surface area contributed by atoms with Gasteiger partial charge in [-0.15, -0.1) is 0 Å². The Labute approximate surface area is 831 Å². The van der Waals surface area contributed by atoms with Crippen LogP contribution in [0.4, 0.5) is 0 Å². The Hall–Kier alpha value is -18.8. The molecule has 29 aromatic rings. The second-order valence-corrected chi connectivity index (χ2v) is 39.4. The SMILES string of the molecule is CC1(C)c2ccccc2-c2c1ccc1ccc3ccc4cc(-c5nc(-c6ccccc6)c6ccccc6n5)ccc4c3c21.CC1(C)c2ccccc2-c2cc3ccc4ccc5cc(-c6nc(-c7ccccc7)nc(-c7cccc8oc9ccccc9c78)n6)ccc5c4c3cc21.c1ccc(-c2nc(-c3ccc4c(ccc5ccc6cc7oc8ccccc8c7cc6c54)c3)nc(-c3cccc4oc5ccccc5c34)n2)cc1. The maximum Gasteiger partial charge on any atom is 0.164 e. The van der Waals surface area contributed by atoms with Gasteiger partial charge in [0, 0.05) is 93.0 Å². The van der Waals surface area contributed by atoms with E-state index in [0.717, 1.165) is 149 Å². The standard InChI is InChI=1S/C48H31N3O.C45H25N3O2.C41H28N2/c1-48(2)39-16-8-6-13-34(39)38-26-31-22-20-28-19-21-30-25-32(23-24-33(30)43(28)37(31)27-40(38)48)46-49-45(29-11-4-3-5-12-29)50-47(51-46)36-15-10-18-42-44(36)35-14-7-9-17-41(35)52-42;1-2-9-27(10-3-1)43-46-44(48-45(47-43)34-13-8-16-39-42(34)33-12-5-7-15-38(33)49-39)30-21-22-31-28(23-30)19-17-26-18-20-29-24-40-36(25-35(29)41(26)31)32-11-4-6-14-37(32)50-40;1-41(2)33-14-8-6-12-31(33)38-34(41)23-21-26-17-16-25-18-19-28-24-29(20-22-30(28)36(25)37(26)38)40-42-35-15-9-7-13-32(35)39(43-40)27-10-4-3-5-11-27/h3-27H,1-2H3;1-25H;3-24H,1-2H3. The molecule has 0 amide bonds. The Morgan fingerprint density at radius 2 is 0.531 bits per heavy atom. The number of rotatable bonds is 8. The molecular formula is C134H84N8O3. The number of para-hydroxylation sites is 4. The van der Waals surface area contributed by atoms with E-state index >= 15 is 0 Å². The van der Waals surface area contributed by atoms with Crippen molar-refractivity contribution < 1.29 is 13.3 Å². The number of benzene rings is 23. The molecule has 6 aromatic heterocycles. The second kappa shape index (κ2) is 32.4. The summed E-state index contributed by atoms with van der Waals surface area (Å²) < 4.78 is 18.7. The van der Waals surface area contributed by atoms with E-state index in [1.807, 2.05) is 146 Å². The van der Waals surface area contributed by atoms with Gasteiger partial charge >= 0.3 is 0 Å². The Bertz CT molecular complexity index is 10600. The third kappa shape index (κ3) is 13.3. The number of nitrogens with zero attached hydrogens (tertiary/aromatic N) is 8. The Morgan fingerprint density at radius 3 is 1.08 bits per heavy atom. The van der Waals surface area contributed by atoms with Crippen LogP contribution in [0.25, 0.3) is 287 Å². The topological polar surface area (TPSA) is 143 Å². The molecule has 31 rings (SSSR count). The first-order valence-electron chi connectivity index (χ1n) is 49.4. The van der Waals surface area contributed by atoms with E-state index in [-0.39, 0.29) is 10.8 Å². The fourth-order valence-electron chi connectivity index (χ4n) is 23.4. The highest BCUT2D eigenvalue weighted by molar-refractivity contribution is 6.28. The predicted octanol–water partition coefficient (Wildman–Crippen LogP) is 35.4. The summed E-state index contributed by atoms with van der Waals surface area (Å²) in [6.45, 7) is 9.40. The first kappa shape index (κ1) is 83.2. The molecule has 678 valence electrons. The molecule has 23 aromatic carbocycles. The van der Waals surface area contributed by atoms with Crippen LogP contribution in [0.15, 0.2) is 450 Å². The lowest BCUT2D eigenvalue weighted by molar-refractivity contribution is 0.661. The molecule has 2 aliphatic carbocycles. The van der Waals surface area contributed by atoms with Crippen molar-refractivity contribution >= 4 is 174 Å². The highest BCUT2D eigenvalue weighted by Gasteiger charge is 2.39. The van der Waals surface area contributed by atoms with Crippen molar-refractivity contribution in [3.63, 3.8) is 0 Å². The van der Waals surface area contributed by atoms with Crippen molar-refractivity contribution in [2.75, 3.05) is 0 Å². The van der Waals surface area contributed by atoms with Crippen LogP contribution in [-0.4, -0.2) is 39.9 Å². The van der Waals surface area contributed by atoms with Gasteiger partial charge in [-0.05, 0) is 220 Å². The fraction of sp³-hybridized carbons (Fsp3) is 0.0448. The number of fused-ring (bicyclic) bond motifs is 32. The van der Waals surface area contributed by atoms with Crippen LogP contribution >= 0.6 is 0 Å². The predicted molar refractivity (Wildman–Crippen MR) is 597 cm³/mol. The summed E-state index contributed by atoms with van der Waals surface area (Å²) in [5.41, 5.74) is 25.6. The van der Waals surface area contributed by atoms with Gasteiger partial charge in [0.1, 0.15) is 33.5 Å². The largest absolute Gasteiger partial charge is 0.456 e. The number of hydrogen-bond donors (Lipinski definition) is 0. The van der Waals surface area contributed by atoms with Gasteiger partial charge in [0.15, 0.2) is 40.8 Å². The van der Waals surface area contributed by atoms with Crippen molar-refractivity contribution in [1.82, 2.24) is 39.9 Å². The molecule has 11 heteroatoms. The van der Waals surface area contributed by atoms with Crippen molar-refractivity contribution in [3.8, 4) is 113 Å². The lowest BCUT2D eigenvalue weighted by Crippen LogP contribution is -2.14. The number of hydrogen-bond acceptors (Lipinski definition) is 11. The maximum atomic E-state index is 6.24. The van der Waals surface area contributed by atoms with E-state index < -0.39 is 0 Å². The van der Waals surface area contributed by atoms with Crippen molar-refractivity contribution in [2.45, 2.75) is 38.5 Å². The number of aromatic nitrogens is 8. The lowest BCUT2D eigenvalue weighted by Gasteiger charge is -2.22. The fourth-order valence-corrected chi connectivity index (χ4v) is 23.4. The first-order valence-corrected chi connectivity index (χ1v) is 49.4. The van der Waals surface area contributed by atoms with Gasteiger partial charge in [0.2, 0.25) is 0 Å². The Balaban J connectivity index is 0.000000104. The average Bonchev–Trinajstić information content (AvgIpc) is 1.55. The van der Waals surface area contributed by atoms with E-state index in [1.54, 1.807) is 0 Å². The molecule has 0 atom stereocenters. The van der Waals surface area contributed by atoms with Crippen LogP contribution < -0.4 is 0 Å². The van der Waals surface area contributed by atoms with Gasteiger partial charge < -0.3 is 13.3 Å². The molecule has 0 spiro atoms. The molecule has 0 N–H and O–H groups in total.